The maximum Gasteiger partial charge on any atom is 0.303 e. The third-order valence-corrected chi connectivity index (χ3v) is 4.66. The Hall–Kier alpha value is -1.10. The lowest BCUT2D eigenvalue weighted by atomic mass is 9.84. The molecule has 1 saturated carbocycles. The van der Waals surface area contributed by atoms with Gasteiger partial charge in [0.05, 0.1) is 0 Å². The van der Waals surface area contributed by atoms with Crippen LogP contribution in [0.15, 0.2) is 0 Å². The minimum atomic E-state index is -0.744. The van der Waals surface area contributed by atoms with Gasteiger partial charge in [-0.1, -0.05) is 6.42 Å². The summed E-state index contributed by atoms with van der Waals surface area (Å²) in [6, 6.07) is 0.172. The van der Waals surface area contributed by atoms with Crippen molar-refractivity contribution in [3.63, 3.8) is 0 Å². The Kier molecular flexibility index (Phi) is 5.40. The van der Waals surface area contributed by atoms with Crippen molar-refractivity contribution < 1.29 is 14.7 Å². The zero-order valence-corrected chi connectivity index (χ0v) is 12.1. The molecule has 20 heavy (non-hydrogen) atoms. The Morgan fingerprint density at radius 1 is 1.20 bits per heavy atom. The van der Waals surface area contributed by atoms with Crippen LogP contribution in [-0.4, -0.2) is 41.0 Å². The molecule has 3 atom stereocenters. The highest BCUT2D eigenvalue weighted by atomic mass is 16.4. The molecule has 1 amide bonds. The number of rotatable bonds is 4. The molecule has 0 aromatic carbocycles. The number of aliphatic carboxylic acids is 1. The van der Waals surface area contributed by atoms with Crippen LogP contribution in [0.3, 0.4) is 0 Å². The van der Waals surface area contributed by atoms with Crippen molar-refractivity contribution in [3.8, 4) is 0 Å². The molecule has 3 N–H and O–H groups in total. The summed E-state index contributed by atoms with van der Waals surface area (Å²) in [4.78, 5) is 25.1. The number of carboxylic acid groups (broad SMARTS) is 1. The van der Waals surface area contributed by atoms with Crippen LogP contribution in [0.25, 0.3) is 0 Å². The molecule has 0 bridgehead atoms. The highest BCUT2D eigenvalue weighted by molar-refractivity contribution is 5.79. The fourth-order valence-corrected chi connectivity index (χ4v) is 3.54. The number of piperidine rings is 1. The van der Waals surface area contributed by atoms with Gasteiger partial charge in [-0.25, -0.2) is 0 Å². The molecule has 114 valence electrons. The van der Waals surface area contributed by atoms with Crippen LogP contribution < -0.4 is 5.73 Å². The average Bonchev–Trinajstić information content (AvgIpc) is 2.44. The fourth-order valence-electron chi connectivity index (χ4n) is 3.54. The lowest BCUT2D eigenvalue weighted by Gasteiger charge is -2.36. The molecule has 2 fully saturated rings. The minimum Gasteiger partial charge on any atom is -0.481 e. The number of hydrogen-bond acceptors (Lipinski definition) is 3. The number of nitrogens with two attached hydrogens (primary N) is 1. The van der Waals surface area contributed by atoms with E-state index < -0.39 is 5.97 Å². The third-order valence-electron chi connectivity index (χ3n) is 4.66. The summed E-state index contributed by atoms with van der Waals surface area (Å²) < 4.78 is 0. The molecular weight excluding hydrogens is 256 g/mol. The summed E-state index contributed by atoms with van der Waals surface area (Å²) in [6.45, 7) is 1.56. The SMILES string of the molecule is NC1CCCC(C(=O)N2CCCC(CCC(=O)O)C2)C1. The molecular formula is C15H26N2O3. The Balaban J connectivity index is 1.84. The van der Waals surface area contributed by atoms with E-state index in [-0.39, 0.29) is 24.3 Å². The zero-order valence-electron chi connectivity index (χ0n) is 12.1. The molecule has 5 heteroatoms. The summed E-state index contributed by atoms with van der Waals surface area (Å²) in [5, 5.41) is 8.76. The van der Waals surface area contributed by atoms with E-state index in [2.05, 4.69) is 0 Å². The van der Waals surface area contributed by atoms with E-state index in [4.69, 9.17) is 10.8 Å². The Labute approximate surface area is 120 Å². The molecule has 1 saturated heterocycles. The van der Waals surface area contributed by atoms with Gasteiger partial charge < -0.3 is 15.7 Å². The first-order chi connectivity index (χ1) is 9.56. The van der Waals surface area contributed by atoms with Crippen LogP contribution in [0.4, 0.5) is 0 Å². The highest BCUT2D eigenvalue weighted by Crippen LogP contribution is 2.28. The summed E-state index contributed by atoms with van der Waals surface area (Å²) in [5.41, 5.74) is 5.96. The lowest BCUT2D eigenvalue weighted by molar-refractivity contribution is -0.139. The molecule has 0 spiro atoms. The standard InChI is InChI=1S/C15H26N2O3/c16-13-5-1-4-12(9-13)15(20)17-8-2-3-11(10-17)6-7-14(18)19/h11-13H,1-10,16H2,(H,18,19). The van der Waals surface area contributed by atoms with Crippen LogP contribution in [0.5, 0.6) is 0 Å². The second-order valence-corrected chi connectivity index (χ2v) is 6.35. The number of hydrogen-bond donors (Lipinski definition) is 2. The topological polar surface area (TPSA) is 83.6 Å². The molecule has 2 rings (SSSR count). The summed E-state index contributed by atoms with van der Waals surface area (Å²) >= 11 is 0. The molecule has 2 aliphatic rings. The smallest absolute Gasteiger partial charge is 0.303 e. The van der Waals surface area contributed by atoms with E-state index in [1.54, 1.807) is 0 Å². The maximum atomic E-state index is 12.5. The first-order valence-electron chi connectivity index (χ1n) is 7.82. The van der Waals surface area contributed by atoms with Crippen molar-refractivity contribution in [2.24, 2.45) is 17.6 Å². The third kappa shape index (κ3) is 4.20. The molecule has 1 aliphatic carbocycles. The molecule has 1 aliphatic heterocycles. The Morgan fingerprint density at radius 2 is 2.00 bits per heavy atom. The number of carbonyl (C=O) groups excluding carboxylic acids is 1. The fraction of sp³-hybridized carbons (Fsp3) is 0.867. The second-order valence-electron chi connectivity index (χ2n) is 6.35. The normalized spacial score (nSPS) is 31.1. The van der Waals surface area contributed by atoms with Crippen LogP contribution in [-0.2, 0) is 9.59 Å². The van der Waals surface area contributed by atoms with E-state index in [9.17, 15) is 9.59 Å². The van der Waals surface area contributed by atoms with Crippen LogP contribution in [0.1, 0.15) is 51.4 Å². The van der Waals surface area contributed by atoms with Gasteiger partial charge in [0.2, 0.25) is 5.91 Å². The van der Waals surface area contributed by atoms with Gasteiger partial charge in [0.15, 0.2) is 0 Å². The van der Waals surface area contributed by atoms with Gasteiger partial charge in [0.25, 0.3) is 0 Å². The second kappa shape index (κ2) is 7.07. The number of likely N-dealkylation sites (tertiary alicyclic amines) is 1. The summed E-state index contributed by atoms with van der Waals surface area (Å²) in [5.74, 6) is -0.0510. The highest BCUT2D eigenvalue weighted by Gasteiger charge is 2.31. The number of carboxylic acids is 1. The van der Waals surface area contributed by atoms with Crippen LogP contribution >= 0.6 is 0 Å². The van der Waals surface area contributed by atoms with Gasteiger partial charge in [-0.2, -0.15) is 0 Å². The quantitative estimate of drug-likeness (QED) is 0.820. The van der Waals surface area contributed by atoms with Gasteiger partial charge in [-0.3, -0.25) is 9.59 Å². The predicted molar refractivity (Wildman–Crippen MR) is 76.1 cm³/mol. The molecule has 1 heterocycles. The van der Waals surface area contributed by atoms with Gasteiger partial charge in [-0.15, -0.1) is 0 Å². The van der Waals surface area contributed by atoms with Crippen molar-refractivity contribution in [3.05, 3.63) is 0 Å². The van der Waals surface area contributed by atoms with Crippen LogP contribution in [0, 0.1) is 11.8 Å². The van der Waals surface area contributed by atoms with Crippen molar-refractivity contribution >= 4 is 11.9 Å². The lowest BCUT2D eigenvalue weighted by Crippen LogP contribution is -2.45. The number of carbonyl (C=O) groups is 2. The monoisotopic (exact) mass is 282 g/mol. The molecule has 0 aromatic heterocycles. The molecule has 0 aromatic rings. The summed E-state index contributed by atoms with van der Waals surface area (Å²) in [6.07, 6.45) is 6.79. The van der Waals surface area contributed by atoms with E-state index in [0.29, 0.717) is 12.3 Å². The van der Waals surface area contributed by atoms with Gasteiger partial charge in [-0.05, 0) is 44.4 Å². The average molecular weight is 282 g/mol. The molecule has 0 radical (unpaired) electrons. The molecule has 5 nitrogen and oxygen atoms in total. The first kappa shape index (κ1) is 15.3. The van der Waals surface area contributed by atoms with Gasteiger partial charge >= 0.3 is 5.97 Å². The zero-order chi connectivity index (χ0) is 14.5. The van der Waals surface area contributed by atoms with Gasteiger partial charge in [0, 0.05) is 31.5 Å². The Morgan fingerprint density at radius 3 is 2.70 bits per heavy atom. The molecule has 3 unspecified atom stereocenters. The summed E-state index contributed by atoms with van der Waals surface area (Å²) in [7, 11) is 0. The largest absolute Gasteiger partial charge is 0.481 e. The first-order valence-corrected chi connectivity index (χ1v) is 7.82. The minimum absolute atomic E-state index is 0.0944. The van der Waals surface area contributed by atoms with Gasteiger partial charge in [0.1, 0.15) is 0 Å². The van der Waals surface area contributed by atoms with E-state index in [1.165, 1.54) is 0 Å². The van der Waals surface area contributed by atoms with Crippen molar-refractivity contribution in [2.45, 2.75) is 57.4 Å². The Bertz CT molecular complexity index is 359. The van der Waals surface area contributed by atoms with Crippen molar-refractivity contribution in [2.75, 3.05) is 13.1 Å². The number of amides is 1. The van der Waals surface area contributed by atoms with Crippen LogP contribution in [0.2, 0.25) is 0 Å². The van der Waals surface area contributed by atoms with Crippen molar-refractivity contribution in [1.29, 1.82) is 0 Å². The predicted octanol–water partition coefficient (Wildman–Crippen LogP) is 1.61. The van der Waals surface area contributed by atoms with Crippen molar-refractivity contribution in [1.82, 2.24) is 4.90 Å². The number of nitrogens with zero attached hydrogens (tertiary/aromatic N) is 1. The van der Waals surface area contributed by atoms with E-state index in [0.717, 1.165) is 51.6 Å². The maximum absolute atomic E-state index is 12.5. The van der Waals surface area contributed by atoms with E-state index in [1.807, 2.05) is 4.90 Å². The van der Waals surface area contributed by atoms with E-state index >= 15 is 0 Å².